The topological polar surface area (TPSA) is 50.1 Å². The smallest absolute Gasteiger partial charge is 0.309 e. The maximum Gasteiger partial charge on any atom is 0.325 e. The molecular formula is C15H19N3O. The van der Waals surface area contributed by atoms with Crippen LogP contribution in [0.2, 0.25) is 0 Å². The van der Waals surface area contributed by atoms with Crippen molar-refractivity contribution >= 4 is 12.3 Å². The lowest BCUT2D eigenvalue weighted by Crippen LogP contribution is -2.13. The Bertz CT molecular complexity index is 630. The molecule has 1 aromatic heterocycles. The van der Waals surface area contributed by atoms with Gasteiger partial charge in [-0.2, -0.15) is 0 Å². The number of hydrogen-bond acceptors (Lipinski definition) is 2. The van der Waals surface area contributed by atoms with E-state index >= 15 is 0 Å². The molecule has 2 unspecified atom stereocenters. The van der Waals surface area contributed by atoms with E-state index in [2.05, 4.69) is 35.1 Å². The van der Waals surface area contributed by atoms with Crippen LogP contribution in [0.3, 0.4) is 0 Å². The summed E-state index contributed by atoms with van der Waals surface area (Å²) in [5.41, 5.74) is 3.48. The molecule has 19 heavy (non-hydrogen) atoms. The highest BCUT2D eigenvalue weighted by atomic mass is 16.1. The number of H-pyrrole nitrogens is 1. The summed E-state index contributed by atoms with van der Waals surface area (Å²) < 4.78 is 1.68. The minimum absolute atomic E-state index is 0.0261. The minimum atomic E-state index is -0.0261. The lowest BCUT2D eigenvalue weighted by atomic mass is 9.85. The maximum absolute atomic E-state index is 11.6. The van der Waals surface area contributed by atoms with E-state index in [-0.39, 0.29) is 5.69 Å². The van der Waals surface area contributed by atoms with Crippen molar-refractivity contribution in [3.63, 3.8) is 0 Å². The fraction of sp³-hybridized carbons (Fsp3) is 0.467. The average molecular weight is 257 g/mol. The number of aromatic amines is 1. The molecule has 0 radical (unpaired) electrons. The molecule has 100 valence electrons. The van der Waals surface area contributed by atoms with Gasteiger partial charge in [0.2, 0.25) is 0 Å². The largest absolute Gasteiger partial charge is 0.325 e. The van der Waals surface area contributed by atoms with E-state index in [1.165, 1.54) is 5.57 Å². The van der Waals surface area contributed by atoms with Gasteiger partial charge in [0.15, 0.2) is 0 Å². The fourth-order valence-electron chi connectivity index (χ4n) is 2.93. The van der Waals surface area contributed by atoms with Crippen LogP contribution in [0, 0.1) is 11.8 Å². The van der Waals surface area contributed by atoms with Crippen molar-refractivity contribution in [3.8, 4) is 0 Å². The van der Waals surface area contributed by atoms with Crippen LogP contribution in [0.25, 0.3) is 6.08 Å². The van der Waals surface area contributed by atoms with Crippen LogP contribution >= 0.6 is 0 Å². The average Bonchev–Trinajstić information content (AvgIpc) is 2.57. The molecule has 0 aromatic carbocycles. The third-order valence-electron chi connectivity index (χ3n) is 4.00. The quantitative estimate of drug-likeness (QED) is 0.768. The number of rotatable bonds is 1. The number of hydrogen-bond donors (Lipinski definition) is 1. The highest BCUT2D eigenvalue weighted by Gasteiger charge is 2.22. The summed E-state index contributed by atoms with van der Waals surface area (Å²) >= 11 is 0. The number of aromatic nitrogens is 2. The third kappa shape index (κ3) is 2.23. The van der Waals surface area contributed by atoms with E-state index in [0.717, 1.165) is 30.8 Å². The zero-order chi connectivity index (χ0) is 13.4. The summed E-state index contributed by atoms with van der Waals surface area (Å²) in [7, 11) is 1.81. The second-order valence-corrected chi connectivity index (χ2v) is 5.50. The number of imidazole rings is 1. The predicted octanol–water partition coefficient (Wildman–Crippen LogP) is 1.94. The zero-order valence-corrected chi connectivity index (χ0v) is 11.4. The molecule has 0 bridgehead atoms. The van der Waals surface area contributed by atoms with Gasteiger partial charge in [0.25, 0.3) is 0 Å². The highest BCUT2D eigenvalue weighted by Crippen LogP contribution is 2.29. The summed E-state index contributed by atoms with van der Waals surface area (Å²) in [5.74, 6) is 0.896. The van der Waals surface area contributed by atoms with Gasteiger partial charge >= 0.3 is 5.69 Å². The van der Waals surface area contributed by atoms with E-state index in [4.69, 9.17) is 0 Å². The monoisotopic (exact) mass is 257 g/mol. The van der Waals surface area contributed by atoms with E-state index < -0.39 is 0 Å². The van der Waals surface area contributed by atoms with Crippen molar-refractivity contribution in [2.75, 3.05) is 6.54 Å². The van der Waals surface area contributed by atoms with E-state index in [1.807, 2.05) is 13.3 Å². The van der Waals surface area contributed by atoms with Crippen LogP contribution in [0.5, 0.6) is 0 Å². The molecule has 0 saturated heterocycles. The SMILES string of the molecule is CC1C=NCC=C(C2C=Cc3c([nH]c(=O)n3C)C2)C1. The van der Waals surface area contributed by atoms with Crippen LogP contribution in [-0.4, -0.2) is 22.3 Å². The predicted molar refractivity (Wildman–Crippen MR) is 77.5 cm³/mol. The van der Waals surface area contributed by atoms with Gasteiger partial charge in [0.1, 0.15) is 0 Å². The molecule has 0 fully saturated rings. The van der Waals surface area contributed by atoms with Crippen LogP contribution < -0.4 is 5.69 Å². The van der Waals surface area contributed by atoms with E-state index in [0.29, 0.717) is 11.8 Å². The van der Waals surface area contributed by atoms with Crippen molar-refractivity contribution in [3.05, 3.63) is 39.6 Å². The first kappa shape index (κ1) is 12.2. The maximum atomic E-state index is 11.6. The first-order valence-corrected chi connectivity index (χ1v) is 6.80. The molecule has 1 aliphatic heterocycles. The van der Waals surface area contributed by atoms with Crippen LogP contribution in [0.4, 0.5) is 0 Å². The van der Waals surface area contributed by atoms with Crippen molar-refractivity contribution < 1.29 is 0 Å². The number of aliphatic imine (C=N–C) groups is 1. The molecule has 4 nitrogen and oxygen atoms in total. The standard InChI is InChI=1S/C15H19N3O/c1-10-7-12(5-6-16-9-10)11-3-4-14-13(8-11)17-15(19)18(14)2/h3-5,9-11H,6-8H2,1-2H3,(H,17,19). The molecule has 0 amide bonds. The lowest BCUT2D eigenvalue weighted by molar-refractivity contribution is 0.647. The molecule has 0 spiro atoms. The molecule has 4 heteroatoms. The molecule has 1 N–H and O–H groups in total. The van der Waals surface area contributed by atoms with Crippen LogP contribution in [-0.2, 0) is 13.5 Å². The molecule has 2 heterocycles. The Hall–Kier alpha value is -1.84. The van der Waals surface area contributed by atoms with E-state index in [1.54, 1.807) is 4.57 Å². The molecule has 1 aromatic rings. The van der Waals surface area contributed by atoms with Gasteiger partial charge in [-0.3, -0.25) is 9.56 Å². The first-order chi connectivity index (χ1) is 9.15. The number of nitrogens with zero attached hydrogens (tertiary/aromatic N) is 2. The van der Waals surface area contributed by atoms with E-state index in [9.17, 15) is 4.79 Å². The van der Waals surface area contributed by atoms with Gasteiger partial charge in [0.05, 0.1) is 12.2 Å². The van der Waals surface area contributed by atoms with Gasteiger partial charge in [-0.25, -0.2) is 4.79 Å². The summed E-state index contributed by atoms with van der Waals surface area (Å²) in [6, 6.07) is 0. The van der Waals surface area contributed by atoms with Gasteiger partial charge in [-0.1, -0.05) is 24.6 Å². The molecule has 2 aliphatic rings. The molecular weight excluding hydrogens is 238 g/mol. The van der Waals surface area contributed by atoms with Crippen molar-refractivity contribution in [1.82, 2.24) is 9.55 Å². The number of fused-ring (bicyclic) bond motifs is 1. The third-order valence-corrected chi connectivity index (χ3v) is 4.00. The highest BCUT2D eigenvalue weighted by molar-refractivity contribution is 5.62. The zero-order valence-electron chi connectivity index (χ0n) is 11.4. The Morgan fingerprint density at radius 1 is 1.42 bits per heavy atom. The molecule has 1 aliphatic carbocycles. The summed E-state index contributed by atoms with van der Waals surface area (Å²) in [5, 5.41) is 0. The minimum Gasteiger partial charge on any atom is -0.309 e. The molecule has 2 atom stereocenters. The summed E-state index contributed by atoms with van der Waals surface area (Å²) in [6.45, 7) is 2.98. The Balaban J connectivity index is 1.87. The Morgan fingerprint density at radius 3 is 3.11 bits per heavy atom. The fourth-order valence-corrected chi connectivity index (χ4v) is 2.93. The van der Waals surface area contributed by atoms with Crippen molar-refractivity contribution in [2.24, 2.45) is 23.9 Å². The van der Waals surface area contributed by atoms with Gasteiger partial charge in [-0.05, 0) is 24.8 Å². The number of allylic oxidation sites excluding steroid dienone is 2. The molecule has 3 rings (SSSR count). The van der Waals surface area contributed by atoms with Gasteiger partial charge in [0, 0.05) is 24.9 Å². The Labute approximate surface area is 112 Å². The Kier molecular flexibility index (Phi) is 3.01. The van der Waals surface area contributed by atoms with Crippen LogP contribution in [0.1, 0.15) is 24.7 Å². The normalized spacial score (nSPS) is 25.9. The number of nitrogens with one attached hydrogen (secondary N) is 1. The van der Waals surface area contributed by atoms with Gasteiger partial charge < -0.3 is 4.98 Å². The van der Waals surface area contributed by atoms with Gasteiger partial charge in [-0.15, -0.1) is 0 Å². The van der Waals surface area contributed by atoms with Crippen molar-refractivity contribution in [1.29, 1.82) is 0 Å². The molecule has 0 saturated carbocycles. The second kappa shape index (κ2) is 4.68. The summed E-state index contributed by atoms with van der Waals surface area (Å²) in [4.78, 5) is 19.0. The lowest BCUT2D eigenvalue weighted by Gasteiger charge is -2.21. The van der Waals surface area contributed by atoms with Crippen LogP contribution in [0.15, 0.2) is 27.5 Å². The Morgan fingerprint density at radius 2 is 2.26 bits per heavy atom. The first-order valence-electron chi connectivity index (χ1n) is 6.80. The van der Waals surface area contributed by atoms with Crippen molar-refractivity contribution in [2.45, 2.75) is 19.8 Å². The second-order valence-electron chi connectivity index (χ2n) is 5.50. The summed E-state index contributed by atoms with van der Waals surface area (Å²) in [6.07, 6.45) is 10.5.